The van der Waals surface area contributed by atoms with Gasteiger partial charge in [-0.2, -0.15) is 0 Å². The van der Waals surface area contributed by atoms with Gasteiger partial charge in [-0.25, -0.2) is 14.6 Å². The van der Waals surface area contributed by atoms with Crippen molar-refractivity contribution in [2.75, 3.05) is 41.0 Å². The van der Waals surface area contributed by atoms with Gasteiger partial charge in [0, 0.05) is 31.6 Å². The van der Waals surface area contributed by atoms with Gasteiger partial charge in [-0.15, -0.1) is 0 Å². The summed E-state index contributed by atoms with van der Waals surface area (Å²) in [4.78, 5) is 65.4. The predicted molar refractivity (Wildman–Crippen MR) is 199 cm³/mol. The number of benzene rings is 2. The first-order valence-corrected chi connectivity index (χ1v) is 18.0. The predicted octanol–water partition coefficient (Wildman–Crippen LogP) is 4.54. The summed E-state index contributed by atoms with van der Waals surface area (Å²) in [7, 11) is 3.95. The van der Waals surface area contributed by atoms with Crippen LogP contribution in [-0.4, -0.2) is 113 Å². The summed E-state index contributed by atoms with van der Waals surface area (Å²) in [6, 6.07) is 18.0. The molecule has 5 atom stereocenters. The van der Waals surface area contributed by atoms with E-state index in [9.17, 15) is 24.3 Å². The third-order valence-corrected chi connectivity index (χ3v) is 10.1. The van der Waals surface area contributed by atoms with E-state index in [2.05, 4.69) is 54.6 Å². The van der Waals surface area contributed by atoms with Crippen molar-refractivity contribution in [1.82, 2.24) is 35.4 Å². The molecule has 15 nitrogen and oxygen atoms in total. The molecule has 54 heavy (non-hydrogen) atoms. The SMILES string of the molecule is COC[C@H](NC(=O)OC)C(=O)N1CCC[C@H]1c1ccc(-c2ccc(-c3ccc(-c4cnc([C@@H]5CCCN5C(=O)[C@@H](NC(=O)OC)[C@@H](C)O)[nH]4)cc3)cc2)[nH]1. The van der Waals surface area contributed by atoms with Gasteiger partial charge in [-0.05, 0) is 67.0 Å². The molecule has 2 aromatic heterocycles. The van der Waals surface area contributed by atoms with Crippen molar-refractivity contribution in [3.05, 3.63) is 78.4 Å². The van der Waals surface area contributed by atoms with Crippen molar-refractivity contribution in [2.24, 2.45) is 0 Å². The highest BCUT2D eigenvalue weighted by molar-refractivity contribution is 5.87. The summed E-state index contributed by atoms with van der Waals surface area (Å²) < 4.78 is 14.5. The number of aromatic amines is 2. The van der Waals surface area contributed by atoms with Crippen LogP contribution in [-0.2, 0) is 23.8 Å². The van der Waals surface area contributed by atoms with E-state index in [1.54, 1.807) is 16.0 Å². The number of hydrogen-bond acceptors (Lipinski definition) is 9. The maximum atomic E-state index is 13.4. The number of rotatable bonds is 12. The number of alkyl carbamates (subject to hydrolysis) is 2. The molecule has 15 heteroatoms. The van der Waals surface area contributed by atoms with Crippen molar-refractivity contribution in [3.8, 4) is 33.6 Å². The number of amides is 4. The lowest BCUT2D eigenvalue weighted by Crippen LogP contribution is -2.53. The number of H-pyrrole nitrogens is 2. The lowest BCUT2D eigenvalue weighted by Gasteiger charge is -2.29. The Hall–Kier alpha value is -5.67. The molecule has 286 valence electrons. The van der Waals surface area contributed by atoms with Crippen LogP contribution in [0.4, 0.5) is 9.59 Å². The van der Waals surface area contributed by atoms with Crippen LogP contribution < -0.4 is 10.6 Å². The molecule has 5 N–H and O–H groups in total. The van der Waals surface area contributed by atoms with Gasteiger partial charge < -0.3 is 49.7 Å². The van der Waals surface area contributed by atoms with Crippen LogP contribution in [0.1, 0.15) is 56.2 Å². The second-order valence-electron chi connectivity index (χ2n) is 13.5. The molecule has 4 heterocycles. The number of carbonyl (C=O) groups excluding carboxylic acids is 4. The van der Waals surface area contributed by atoms with Crippen LogP contribution in [0.5, 0.6) is 0 Å². The second kappa shape index (κ2) is 17.0. The van der Waals surface area contributed by atoms with Gasteiger partial charge in [0.2, 0.25) is 11.8 Å². The highest BCUT2D eigenvalue weighted by Crippen LogP contribution is 2.35. The Morgan fingerprint density at radius 2 is 1.31 bits per heavy atom. The van der Waals surface area contributed by atoms with Crippen LogP contribution in [0, 0.1) is 0 Å². The highest BCUT2D eigenvalue weighted by atomic mass is 16.5. The zero-order valence-electron chi connectivity index (χ0n) is 30.8. The molecule has 4 amide bonds. The van der Waals surface area contributed by atoms with Crippen LogP contribution in [0.3, 0.4) is 0 Å². The Morgan fingerprint density at radius 1 is 0.759 bits per heavy atom. The number of imidazole rings is 1. The van der Waals surface area contributed by atoms with Crippen molar-refractivity contribution in [1.29, 1.82) is 0 Å². The Bertz CT molecular complexity index is 1920. The van der Waals surface area contributed by atoms with Gasteiger partial charge in [0.05, 0.1) is 50.9 Å². The molecule has 0 bridgehead atoms. The minimum atomic E-state index is -1.13. The van der Waals surface area contributed by atoms with Gasteiger partial charge in [-0.3, -0.25) is 9.59 Å². The molecule has 2 aliphatic heterocycles. The molecular weight excluding hydrogens is 694 g/mol. The van der Waals surface area contributed by atoms with E-state index in [0.29, 0.717) is 25.3 Å². The first-order valence-electron chi connectivity index (χ1n) is 18.0. The fourth-order valence-corrected chi connectivity index (χ4v) is 7.28. The maximum Gasteiger partial charge on any atom is 0.407 e. The number of likely N-dealkylation sites (tertiary alicyclic amines) is 2. The fraction of sp³-hybridized carbons (Fsp3) is 0.410. The third kappa shape index (κ3) is 8.26. The Labute approximate surface area is 313 Å². The van der Waals surface area contributed by atoms with E-state index >= 15 is 0 Å². The molecule has 2 aliphatic rings. The van der Waals surface area contributed by atoms with Gasteiger partial charge >= 0.3 is 12.2 Å². The van der Waals surface area contributed by atoms with Gasteiger partial charge in [0.15, 0.2) is 0 Å². The zero-order chi connectivity index (χ0) is 38.4. The van der Waals surface area contributed by atoms with Crippen molar-refractivity contribution < 1.29 is 38.5 Å². The average Bonchev–Trinajstić information content (AvgIpc) is 4.03. The normalized spacial score (nSPS) is 18.5. The summed E-state index contributed by atoms with van der Waals surface area (Å²) >= 11 is 0. The number of methoxy groups -OCH3 is 3. The quantitative estimate of drug-likeness (QED) is 0.139. The number of ether oxygens (including phenoxy) is 3. The molecule has 2 saturated heterocycles. The van der Waals surface area contributed by atoms with E-state index in [0.717, 1.165) is 58.6 Å². The molecule has 2 aromatic carbocycles. The number of hydrogen-bond donors (Lipinski definition) is 5. The lowest BCUT2D eigenvalue weighted by atomic mass is 10.0. The minimum Gasteiger partial charge on any atom is -0.453 e. The summed E-state index contributed by atoms with van der Waals surface area (Å²) in [6.07, 6.45) is 2.30. The second-order valence-corrected chi connectivity index (χ2v) is 13.5. The number of aromatic nitrogens is 3. The summed E-state index contributed by atoms with van der Waals surface area (Å²) in [5.41, 5.74) is 6.71. The van der Waals surface area contributed by atoms with Crippen LogP contribution in [0.25, 0.3) is 33.6 Å². The molecule has 4 aromatic rings. The number of aliphatic hydroxyl groups excluding tert-OH is 1. The average molecular weight is 742 g/mol. The molecule has 0 spiro atoms. The summed E-state index contributed by atoms with van der Waals surface area (Å²) in [6.45, 7) is 2.56. The Balaban J connectivity index is 1.10. The maximum absolute atomic E-state index is 13.4. The molecular formula is C39H47N7O8. The highest BCUT2D eigenvalue weighted by Gasteiger charge is 2.38. The monoisotopic (exact) mass is 741 g/mol. The van der Waals surface area contributed by atoms with E-state index < -0.39 is 36.3 Å². The Morgan fingerprint density at radius 3 is 1.91 bits per heavy atom. The van der Waals surface area contributed by atoms with E-state index in [1.165, 1.54) is 28.3 Å². The van der Waals surface area contributed by atoms with Gasteiger partial charge in [-0.1, -0.05) is 48.5 Å². The summed E-state index contributed by atoms with van der Waals surface area (Å²) in [5.74, 6) is 0.0382. The molecule has 0 aliphatic carbocycles. The van der Waals surface area contributed by atoms with Crippen LogP contribution in [0.15, 0.2) is 66.9 Å². The van der Waals surface area contributed by atoms with Crippen molar-refractivity contribution in [2.45, 2.75) is 62.9 Å². The molecule has 6 rings (SSSR count). The number of nitrogens with zero attached hydrogens (tertiary/aromatic N) is 3. The zero-order valence-corrected chi connectivity index (χ0v) is 30.8. The molecule has 0 radical (unpaired) electrons. The Kier molecular flexibility index (Phi) is 12.0. The van der Waals surface area contributed by atoms with Crippen LogP contribution >= 0.6 is 0 Å². The first kappa shape index (κ1) is 38.1. The standard InChI is InChI=1S/C39H47N7O8/c1-23(47)34(44-39(51)54-4)37(49)46-20-6-8-33(46)35-40-21-30(42-35)27-15-11-25(12-16-27)24-9-13-26(14-10-24)28-17-18-29(41-28)32-7-5-19-45(32)36(48)31(22-52-2)43-38(50)53-3/h9-18,21,23,31-34,41,47H,5-8,19-20,22H2,1-4H3,(H,40,42)(H,43,50)(H,44,51)/t23-,31+,32+,33+,34+/m1/s1. The van der Waals surface area contributed by atoms with Crippen LogP contribution in [0.2, 0.25) is 0 Å². The number of aliphatic hydroxyl groups is 1. The number of carbonyl (C=O) groups is 4. The molecule has 2 fully saturated rings. The van der Waals surface area contributed by atoms with E-state index in [4.69, 9.17) is 9.47 Å². The van der Waals surface area contributed by atoms with Gasteiger partial charge in [0.1, 0.15) is 17.9 Å². The van der Waals surface area contributed by atoms with Crippen molar-refractivity contribution in [3.63, 3.8) is 0 Å². The smallest absolute Gasteiger partial charge is 0.407 e. The van der Waals surface area contributed by atoms with E-state index in [-0.39, 0.29) is 24.6 Å². The van der Waals surface area contributed by atoms with Gasteiger partial charge in [0.25, 0.3) is 0 Å². The lowest BCUT2D eigenvalue weighted by molar-refractivity contribution is -0.137. The van der Waals surface area contributed by atoms with E-state index in [1.807, 2.05) is 36.4 Å². The number of nitrogens with one attached hydrogen (secondary N) is 4. The molecule has 0 unspecified atom stereocenters. The summed E-state index contributed by atoms with van der Waals surface area (Å²) in [5, 5.41) is 15.2. The fourth-order valence-electron chi connectivity index (χ4n) is 7.28. The topological polar surface area (TPSA) is 191 Å². The molecule has 0 saturated carbocycles. The largest absolute Gasteiger partial charge is 0.453 e. The third-order valence-electron chi connectivity index (χ3n) is 10.1. The first-order chi connectivity index (χ1) is 26.1. The minimum absolute atomic E-state index is 0.0431. The van der Waals surface area contributed by atoms with Crippen molar-refractivity contribution >= 4 is 24.0 Å².